The predicted octanol–water partition coefficient (Wildman–Crippen LogP) is 1.97. The number of hydrogen-bond acceptors (Lipinski definition) is 4. The zero-order chi connectivity index (χ0) is 17.7. The van der Waals surface area contributed by atoms with Crippen molar-refractivity contribution >= 4 is 23.5 Å². The first kappa shape index (κ1) is 18.5. The van der Waals surface area contributed by atoms with Crippen molar-refractivity contribution in [3.63, 3.8) is 0 Å². The lowest BCUT2D eigenvalue weighted by molar-refractivity contribution is -0.142. The maximum absolute atomic E-state index is 12.5. The van der Waals surface area contributed by atoms with Gasteiger partial charge in [0.15, 0.2) is 0 Å². The number of nitrogens with zero attached hydrogens (tertiary/aromatic N) is 2. The fourth-order valence-electron chi connectivity index (χ4n) is 2.76. The Morgan fingerprint density at radius 2 is 2.08 bits per heavy atom. The van der Waals surface area contributed by atoms with Gasteiger partial charge in [-0.2, -0.15) is 0 Å². The summed E-state index contributed by atoms with van der Waals surface area (Å²) in [6.07, 6.45) is 0.594. The molecule has 1 fully saturated rings. The van der Waals surface area contributed by atoms with Crippen molar-refractivity contribution in [3.05, 3.63) is 29.3 Å². The molecule has 1 N–H and O–H groups in total. The highest BCUT2D eigenvalue weighted by Gasteiger charge is 2.33. The van der Waals surface area contributed by atoms with Crippen LogP contribution in [0.15, 0.2) is 24.3 Å². The molecule has 0 bridgehead atoms. The van der Waals surface area contributed by atoms with E-state index in [0.29, 0.717) is 43.4 Å². The van der Waals surface area contributed by atoms with Gasteiger partial charge in [-0.15, -0.1) is 0 Å². The van der Waals surface area contributed by atoms with E-state index in [1.165, 1.54) is 0 Å². The number of carbonyl (C=O) groups is 2. The number of carboxylic acids is 1. The summed E-state index contributed by atoms with van der Waals surface area (Å²) in [4.78, 5) is 27.0. The number of halogens is 1. The van der Waals surface area contributed by atoms with Gasteiger partial charge in [0, 0.05) is 18.6 Å². The van der Waals surface area contributed by atoms with Crippen molar-refractivity contribution in [2.75, 3.05) is 33.3 Å². The molecule has 1 heterocycles. The van der Waals surface area contributed by atoms with E-state index >= 15 is 0 Å². The third-order valence-electron chi connectivity index (χ3n) is 4.36. The van der Waals surface area contributed by atoms with Crippen molar-refractivity contribution in [2.45, 2.75) is 19.4 Å². The SMILES string of the molecule is CC(C(=O)N(C)CCOc1ccc(Cl)cc1)N1CCC(C(=O)O)C1. The number of carbonyl (C=O) groups excluding carboxylic acids is 1. The first-order valence-corrected chi connectivity index (χ1v) is 8.36. The molecule has 1 aliphatic heterocycles. The van der Waals surface area contributed by atoms with Crippen LogP contribution in [0.2, 0.25) is 5.02 Å². The summed E-state index contributed by atoms with van der Waals surface area (Å²) in [6, 6.07) is 6.74. The van der Waals surface area contributed by atoms with Crippen molar-refractivity contribution in [1.82, 2.24) is 9.80 Å². The molecule has 0 aromatic heterocycles. The van der Waals surface area contributed by atoms with E-state index in [9.17, 15) is 9.59 Å². The Balaban J connectivity index is 1.77. The maximum atomic E-state index is 12.5. The highest BCUT2D eigenvalue weighted by Crippen LogP contribution is 2.19. The topological polar surface area (TPSA) is 70.1 Å². The highest BCUT2D eigenvalue weighted by atomic mass is 35.5. The zero-order valence-corrected chi connectivity index (χ0v) is 14.7. The molecular weight excluding hydrogens is 332 g/mol. The van der Waals surface area contributed by atoms with Gasteiger partial charge in [-0.05, 0) is 44.2 Å². The molecule has 132 valence electrons. The number of hydrogen-bond donors (Lipinski definition) is 1. The van der Waals surface area contributed by atoms with Crippen LogP contribution in [-0.4, -0.2) is 66.1 Å². The molecular formula is C17H23ClN2O4. The van der Waals surface area contributed by atoms with Crippen LogP contribution in [0.25, 0.3) is 0 Å². The monoisotopic (exact) mass is 354 g/mol. The Hall–Kier alpha value is -1.79. The summed E-state index contributed by atoms with van der Waals surface area (Å²) in [6.45, 7) is 3.73. The summed E-state index contributed by atoms with van der Waals surface area (Å²) in [5.74, 6) is -0.487. The zero-order valence-electron chi connectivity index (χ0n) is 13.9. The summed E-state index contributed by atoms with van der Waals surface area (Å²) in [5, 5.41) is 9.70. The van der Waals surface area contributed by atoms with Gasteiger partial charge in [-0.25, -0.2) is 0 Å². The van der Waals surface area contributed by atoms with Gasteiger partial charge in [0.05, 0.1) is 18.5 Å². The fraction of sp³-hybridized carbons (Fsp3) is 0.529. The third kappa shape index (κ3) is 4.85. The lowest BCUT2D eigenvalue weighted by Gasteiger charge is -2.27. The quantitative estimate of drug-likeness (QED) is 0.810. The van der Waals surface area contributed by atoms with E-state index in [-0.39, 0.29) is 17.9 Å². The summed E-state index contributed by atoms with van der Waals surface area (Å²) < 4.78 is 5.59. The maximum Gasteiger partial charge on any atom is 0.307 e. The van der Waals surface area contributed by atoms with E-state index in [1.807, 2.05) is 11.8 Å². The normalized spacial score (nSPS) is 19.0. The van der Waals surface area contributed by atoms with Crippen LogP contribution in [0.3, 0.4) is 0 Å². The van der Waals surface area contributed by atoms with Crippen molar-refractivity contribution < 1.29 is 19.4 Å². The molecule has 1 aliphatic rings. The predicted molar refractivity (Wildman–Crippen MR) is 91.4 cm³/mol. The van der Waals surface area contributed by atoms with Gasteiger partial charge in [0.2, 0.25) is 5.91 Å². The number of likely N-dealkylation sites (N-methyl/N-ethyl adjacent to an activating group) is 1. The number of benzene rings is 1. The smallest absolute Gasteiger partial charge is 0.307 e. The van der Waals surface area contributed by atoms with E-state index in [1.54, 1.807) is 36.2 Å². The van der Waals surface area contributed by atoms with Crippen LogP contribution < -0.4 is 4.74 Å². The standard InChI is InChI=1S/C17H23ClN2O4/c1-12(20-8-7-13(11-20)17(22)23)16(21)19(2)9-10-24-15-5-3-14(18)4-6-15/h3-6,12-13H,7-11H2,1-2H3,(H,22,23). The first-order chi connectivity index (χ1) is 11.4. The third-order valence-corrected chi connectivity index (χ3v) is 4.61. The number of amides is 1. The van der Waals surface area contributed by atoms with Crippen LogP contribution in [-0.2, 0) is 9.59 Å². The van der Waals surface area contributed by atoms with Crippen LogP contribution in [0.1, 0.15) is 13.3 Å². The fourth-order valence-corrected chi connectivity index (χ4v) is 2.88. The molecule has 24 heavy (non-hydrogen) atoms. The Kier molecular flexibility index (Phi) is 6.45. The minimum atomic E-state index is -0.790. The van der Waals surface area contributed by atoms with Gasteiger partial charge in [-0.3, -0.25) is 14.5 Å². The number of ether oxygens (including phenoxy) is 1. The Morgan fingerprint density at radius 3 is 2.67 bits per heavy atom. The molecule has 0 radical (unpaired) electrons. The minimum absolute atomic E-state index is 0.0271. The molecule has 0 aliphatic carbocycles. The molecule has 2 rings (SSSR count). The van der Waals surface area contributed by atoms with Gasteiger partial charge in [0.25, 0.3) is 0 Å². The molecule has 1 amide bonds. The van der Waals surface area contributed by atoms with Crippen LogP contribution >= 0.6 is 11.6 Å². The van der Waals surface area contributed by atoms with E-state index in [0.717, 1.165) is 0 Å². The van der Waals surface area contributed by atoms with E-state index in [4.69, 9.17) is 21.4 Å². The number of likely N-dealkylation sites (tertiary alicyclic amines) is 1. The Bertz CT molecular complexity index is 578. The molecule has 1 aromatic rings. The molecule has 7 heteroatoms. The molecule has 0 spiro atoms. The molecule has 6 nitrogen and oxygen atoms in total. The van der Waals surface area contributed by atoms with Gasteiger partial charge >= 0.3 is 5.97 Å². The second-order valence-corrected chi connectivity index (χ2v) is 6.49. The Morgan fingerprint density at radius 1 is 1.42 bits per heavy atom. The van der Waals surface area contributed by atoms with Gasteiger partial charge in [0.1, 0.15) is 12.4 Å². The number of rotatable bonds is 7. The second kappa shape index (κ2) is 8.35. The summed E-state index contributed by atoms with van der Waals surface area (Å²) >= 11 is 5.81. The largest absolute Gasteiger partial charge is 0.492 e. The second-order valence-electron chi connectivity index (χ2n) is 6.06. The van der Waals surface area contributed by atoms with E-state index in [2.05, 4.69) is 0 Å². The lowest BCUT2D eigenvalue weighted by Crippen LogP contribution is -2.46. The molecule has 2 atom stereocenters. The van der Waals surface area contributed by atoms with Crippen molar-refractivity contribution in [3.8, 4) is 5.75 Å². The minimum Gasteiger partial charge on any atom is -0.492 e. The van der Waals surface area contributed by atoms with Crippen molar-refractivity contribution in [1.29, 1.82) is 0 Å². The first-order valence-electron chi connectivity index (χ1n) is 7.98. The van der Waals surface area contributed by atoms with Gasteiger partial charge < -0.3 is 14.7 Å². The highest BCUT2D eigenvalue weighted by molar-refractivity contribution is 6.30. The van der Waals surface area contributed by atoms with Crippen LogP contribution in [0.4, 0.5) is 0 Å². The van der Waals surface area contributed by atoms with Gasteiger partial charge in [-0.1, -0.05) is 11.6 Å². The number of carboxylic acid groups (broad SMARTS) is 1. The van der Waals surface area contributed by atoms with Crippen molar-refractivity contribution in [2.24, 2.45) is 5.92 Å². The average molecular weight is 355 g/mol. The molecule has 0 saturated carbocycles. The van der Waals surface area contributed by atoms with E-state index < -0.39 is 5.97 Å². The molecule has 1 saturated heterocycles. The lowest BCUT2D eigenvalue weighted by atomic mass is 10.1. The summed E-state index contributed by atoms with van der Waals surface area (Å²) in [7, 11) is 1.73. The summed E-state index contributed by atoms with van der Waals surface area (Å²) in [5.41, 5.74) is 0. The van der Waals surface area contributed by atoms with Crippen LogP contribution in [0.5, 0.6) is 5.75 Å². The average Bonchev–Trinajstić information content (AvgIpc) is 3.05. The number of aliphatic carboxylic acids is 1. The Labute approximate surface area is 146 Å². The van der Waals surface area contributed by atoms with Crippen LogP contribution in [0, 0.1) is 5.92 Å². The molecule has 2 unspecified atom stereocenters. The molecule has 1 aromatic carbocycles.